The van der Waals surface area contributed by atoms with Crippen molar-refractivity contribution in [2.45, 2.75) is 13.8 Å². The first kappa shape index (κ1) is 14.3. The number of rotatable bonds is 1. The minimum Gasteiger partial charge on any atom is -0.338 e. The Labute approximate surface area is 148 Å². The van der Waals surface area contributed by atoms with Gasteiger partial charge in [-0.2, -0.15) is 0 Å². The topological polar surface area (TPSA) is 79.4 Å². The van der Waals surface area contributed by atoms with Crippen LogP contribution in [0.4, 0.5) is 11.5 Å². The summed E-state index contributed by atoms with van der Waals surface area (Å²) in [6.07, 6.45) is 5.37. The van der Waals surface area contributed by atoms with E-state index in [9.17, 15) is 0 Å². The summed E-state index contributed by atoms with van der Waals surface area (Å²) in [6.45, 7) is 4.03. The number of hydrogen-bond acceptors (Lipinski definition) is 6. The molecule has 1 aliphatic rings. The Kier molecular flexibility index (Phi) is 2.98. The summed E-state index contributed by atoms with van der Waals surface area (Å²) in [5, 5.41) is 4.40. The summed E-state index contributed by atoms with van der Waals surface area (Å²) >= 11 is 1.65. The van der Waals surface area contributed by atoms with E-state index in [4.69, 9.17) is 4.98 Å². The number of nitrogens with one attached hydrogen (secondary N) is 2. The van der Waals surface area contributed by atoms with E-state index in [1.165, 1.54) is 0 Å². The van der Waals surface area contributed by atoms with Gasteiger partial charge in [0.2, 0.25) is 0 Å². The van der Waals surface area contributed by atoms with Crippen molar-refractivity contribution in [3.63, 3.8) is 0 Å². The number of fused-ring (bicyclic) bond motifs is 5. The summed E-state index contributed by atoms with van der Waals surface area (Å²) < 4.78 is 0. The first-order valence-corrected chi connectivity index (χ1v) is 8.73. The predicted octanol–water partition coefficient (Wildman–Crippen LogP) is 4.33. The Morgan fingerprint density at radius 2 is 1.96 bits per heavy atom. The molecular formula is C18H14N6S. The lowest BCUT2D eigenvalue weighted by Crippen LogP contribution is -1.95. The number of thiazole rings is 1. The van der Waals surface area contributed by atoms with Gasteiger partial charge < -0.3 is 10.3 Å². The average Bonchev–Trinajstić information content (AvgIpc) is 3.15. The van der Waals surface area contributed by atoms with Crippen LogP contribution in [0.1, 0.15) is 10.7 Å². The number of pyridine rings is 2. The van der Waals surface area contributed by atoms with Crippen molar-refractivity contribution < 1.29 is 0 Å². The van der Waals surface area contributed by atoms with Crippen LogP contribution in [0.3, 0.4) is 0 Å². The van der Waals surface area contributed by atoms with E-state index >= 15 is 0 Å². The number of H-pyrrole nitrogens is 1. The molecule has 5 heterocycles. The zero-order valence-corrected chi connectivity index (χ0v) is 14.5. The second-order valence-electron chi connectivity index (χ2n) is 5.90. The SMILES string of the molecule is Cc1nc(C)c(-c2nc3c([nH]2)-c2ccncc2Nc2ncccc2-3)s1. The van der Waals surface area contributed by atoms with Gasteiger partial charge in [0.05, 0.1) is 33.2 Å². The predicted molar refractivity (Wildman–Crippen MR) is 98.9 cm³/mol. The molecule has 0 unspecified atom stereocenters. The maximum atomic E-state index is 4.91. The van der Waals surface area contributed by atoms with Gasteiger partial charge in [-0.25, -0.2) is 15.0 Å². The third kappa shape index (κ3) is 2.16. The van der Waals surface area contributed by atoms with E-state index < -0.39 is 0 Å². The molecule has 0 aliphatic carbocycles. The summed E-state index contributed by atoms with van der Waals surface area (Å²) in [7, 11) is 0. The molecule has 0 radical (unpaired) electrons. The summed E-state index contributed by atoms with van der Waals surface area (Å²) in [5.74, 6) is 1.62. The standard InChI is InChI=1S/C18H14N6S/c1-9-16(25-10(2)21-9)18-23-14-11-5-7-19-8-13(11)22-17-12(15(14)24-18)4-3-6-20-17/h3-8H,1-2H3,(H,20,22)(H,23,24). The van der Waals surface area contributed by atoms with Crippen molar-refractivity contribution in [2.24, 2.45) is 0 Å². The third-order valence-electron chi connectivity index (χ3n) is 4.23. The molecule has 0 aromatic carbocycles. The van der Waals surface area contributed by atoms with Crippen LogP contribution in [0, 0.1) is 13.8 Å². The lowest BCUT2D eigenvalue weighted by Gasteiger charge is -2.07. The number of aromatic amines is 1. The second kappa shape index (κ2) is 5.22. The molecule has 2 N–H and O–H groups in total. The molecule has 4 aromatic heterocycles. The number of anilines is 2. The van der Waals surface area contributed by atoms with E-state index in [0.29, 0.717) is 0 Å². The van der Waals surface area contributed by atoms with Gasteiger partial charge in [0, 0.05) is 23.5 Å². The fourth-order valence-electron chi connectivity index (χ4n) is 3.16. The molecule has 25 heavy (non-hydrogen) atoms. The number of nitrogens with zero attached hydrogens (tertiary/aromatic N) is 4. The molecule has 0 bridgehead atoms. The maximum absolute atomic E-state index is 4.91. The molecule has 7 heteroatoms. The highest BCUT2D eigenvalue weighted by Crippen LogP contribution is 2.43. The second-order valence-corrected chi connectivity index (χ2v) is 7.11. The van der Waals surface area contributed by atoms with Gasteiger partial charge in [0.1, 0.15) is 11.5 Å². The number of hydrogen-bond donors (Lipinski definition) is 2. The normalized spacial score (nSPS) is 11.9. The lowest BCUT2D eigenvalue weighted by atomic mass is 10.1. The van der Waals surface area contributed by atoms with Crippen molar-refractivity contribution in [1.82, 2.24) is 24.9 Å². The summed E-state index contributed by atoms with van der Waals surface area (Å²) in [4.78, 5) is 22.7. The molecule has 0 atom stereocenters. The zero-order chi connectivity index (χ0) is 17.0. The van der Waals surface area contributed by atoms with Gasteiger partial charge in [0.15, 0.2) is 5.82 Å². The van der Waals surface area contributed by atoms with Crippen molar-refractivity contribution in [1.29, 1.82) is 0 Å². The minimum absolute atomic E-state index is 0.783. The fraction of sp³-hybridized carbons (Fsp3) is 0.111. The van der Waals surface area contributed by atoms with E-state index in [1.54, 1.807) is 23.7 Å². The van der Waals surface area contributed by atoms with E-state index in [1.807, 2.05) is 38.2 Å². The van der Waals surface area contributed by atoms with Crippen LogP contribution < -0.4 is 5.32 Å². The van der Waals surface area contributed by atoms with E-state index in [0.717, 1.165) is 55.4 Å². The van der Waals surface area contributed by atoms with Crippen molar-refractivity contribution in [3.8, 4) is 33.2 Å². The van der Waals surface area contributed by atoms with Gasteiger partial charge in [-0.3, -0.25) is 4.98 Å². The lowest BCUT2D eigenvalue weighted by molar-refractivity contribution is 1.19. The van der Waals surface area contributed by atoms with Crippen LogP contribution in [-0.2, 0) is 0 Å². The molecule has 0 amide bonds. The Hall–Kier alpha value is -3.06. The van der Waals surface area contributed by atoms with Crippen molar-refractivity contribution >= 4 is 22.8 Å². The average molecular weight is 346 g/mol. The molecule has 0 saturated carbocycles. The molecule has 4 aromatic rings. The molecule has 0 saturated heterocycles. The van der Waals surface area contributed by atoms with E-state index in [-0.39, 0.29) is 0 Å². The number of aryl methyl sites for hydroxylation is 2. The molecule has 5 rings (SSSR count). The molecule has 6 nitrogen and oxygen atoms in total. The molecule has 122 valence electrons. The largest absolute Gasteiger partial charge is 0.338 e. The maximum Gasteiger partial charge on any atom is 0.150 e. The van der Waals surface area contributed by atoms with Crippen LogP contribution in [0.15, 0.2) is 36.8 Å². The van der Waals surface area contributed by atoms with Crippen LogP contribution in [0.25, 0.3) is 33.2 Å². The molecule has 1 aliphatic heterocycles. The third-order valence-corrected chi connectivity index (χ3v) is 5.31. The van der Waals surface area contributed by atoms with Crippen LogP contribution in [0.2, 0.25) is 0 Å². The van der Waals surface area contributed by atoms with E-state index in [2.05, 4.69) is 25.3 Å². The van der Waals surface area contributed by atoms with Gasteiger partial charge in [-0.15, -0.1) is 11.3 Å². The van der Waals surface area contributed by atoms with Crippen molar-refractivity contribution in [2.75, 3.05) is 5.32 Å². The van der Waals surface area contributed by atoms with Gasteiger partial charge in [0.25, 0.3) is 0 Å². The van der Waals surface area contributed by atoms with Gasteiger partial charge in [-0.05, 0) is 32.0 Å². The van der Waals surface area contributed by atoms with Crippen molar-refractivity contribution in [3.05, 3.63) is 47.5 Å². The first-order valence-electron chi connectivity index (χ1n) is 7.92. The molecule has 0 fully saturated rings. The Balaban J connectivity index is 1.82. The van der Waals surface area contributed by atoms with Crippen LogP contribution >= 0.6 is 11.3 Å². The quantitative estimate of drug-likeness (QED) is 0.472. The van der Waals surface area contributed by atoms with Gasteiger partial charge >= 0.3 is 0 Å². The monoisotopic (exact) mass is 346 g/mol. The Morgan fingerprint density at radius 3 is 2.80 bits per heavy atom. The zero-order valence-electron chi connectivity index (χ0n) is 13.7. The highest BCUT2D eigenvalue weighted by atomic mass is 32.1. The fourth-order valence-corrected chi connectivity index (χ4v) is 4.02. The Bertz CT molecular complexity index is 1050. The van der Waals surface area contributed by atoms with Crippen LogP contribution in [-0.4, -0.2) is 24.9 Å². The molecule has 0 spiro atoms. The number of imidazole rings is 1. The summed E-state index contributed by atoms with van der Waals surface area (Å²) in [6, 6.07) is 5.94. The number of aromatic nitrogens is 5. The first-order chi connectivity index (χ1) is 12.2. The van der Waals surface area contributed by atoms with Gasteiger partial charge in [-0.1, -0.05) is 0 Å². The highest BCUT2D eigenvalue weighted by Gasteiger charge is 2.25. The minimum atomic E-state index is 0.783. The smallest absolute Gasteiger partial charge is 0.150 e. The van der Waals surface area contributed by atoms with Crippen LogP contribution in [0.5, 0.6) is 0 Å². The summed E-state index contributed by atoms with van der Waals surface area (Å²) in [5.41, 5.74) is 5.76. The molecular weight excluding hydrogens is 332 g/mol. The highest BCUT2D eigenvalue weighted by molar-refractivity contribution is 7.15. The Morgan fingerprint density at radius 1 is 1.04 bits per heavy atom.